The van der Waals surface area contributed by atoms with E-state index in [1.54, 1.807) is 0 Å². The standard InChI is InChI=1S/C35H35F5N8O2/c36-23-16-24(37)18-28(17-23)48-34(50)43-12-9-26-4-1-20-15-21(19-44-31(20)45-26)29-11-14-41-32-30(29)8-7-27(46-32)10-13-42-33(49)47-25-5-2-22(3-6-25)35(38,39)40/h1-8,16-18,21,29H,9-15,19H2,(H,41,46)(H,44,45)(H2,42,47,49)(H2,43,48,50). The van der Waals surface area contributed by atoms with Crippen LogP contribution in [0.3, 0.4) is 0 Å². The number of nitrogens with one attached hydrogen (secondary N) is 6. The molecule has 0 bridgehead atoms. The zero-order valence-corrected chi connectivity index (χ0v) is 26.8. The van der Waals surface area contributed by atoms with Gasteiger partial charge in [0.15, 0.2) is 0 Å². The fourth-order valence-corrected chi connectivity index (χ4v) is 6.26. The smallest absolute Gasteiger partial charge is 0.370 e. The van der Waals surface area contributed by atoms with Crippen LogP contribution >= 0.6 is 0 Å². The van der Waals surface area contributed by atoms with Crippen LogP contribution in [0.15, 0.2) is 66.7 Å². The predicted octanol–water partition coefficient (Wildman–Crippen LogP) is 6.69. The molecule has 4 heterocycles. The molecule has 2 aromatic heterocycles. The van der Waals surface area contributed by atoms with Crippen molar-refractivity contribution < 1.29 is 31.5 Å². The van der Waals surface area contributed by atoms with E-state index in [0.717, 1.165) is 90.4 Å². The Morgan fingerprint density at radius 3 is 2.04 bits per heavy atom. The van der Waals surface area contributed by atoms with E-state index in [-0.39, 0.29) is 23.8 Å². The van der Waals surface area contributed by atoms with E-state index in [1.165, 1.54) is 12.1 Å². The zero-order chi connectivity index (χ0) is 35.3. The molecule has 0 spiro atoms. The van der Waals surface area contributed by atoms with E-state index in [2.05, 4.69) is 44.0 Å². The van der Waals surface area contributed by atoms with Crippen LogP contribution in [0.5, 0.6) is 0 Å². The SMILES string of the molecule is O=C(NCCc1ccc2c(n1)NCC(C1CCNc3nc(CCNC(=O)Nc4ccc(C(F)(F)F)cc4)ccc31)C2)Nc1cc(F)cc(F)c1. The molecule has 2 atom stereocenters. The summed E-state index contributed by atoms with van der Waals surface area (Å²) in [6, 6.07) is 14.0. The first-order valence-electron chi connectivity index (χ1n) is 16.2. The van der Waals surface area contributed by atoms with Gasteiger partial charge in [0.25, 0.3) is 0 Å². The normalized spacial score (nSPS) is 16.6. The fourth-order valence-electron chi connectivity index (χ4n) is 6.26. The number of rotatable bonds is 9. The van der Waals surface area contributed by atoms with E-state index < -0.39 is 35.4 Å². The molecule has 0 saturated carbocycles. The third-order valence-electron chi connectivity index (χ3n) is 8.67. The minimum atomic E-state index is -4.44. The molecule has 0 radical (unpaired) electrons. The Hall–Kier alpha value is -5.47. The summed E-state index contributed by atoms with van der Waals surface area (Å²) in [5.74, 6) is 0.673. The summed E-state index contributed by atoms with van der Waals surface area (Å²) in [4.78, 5) is 34.0. The Bertz CT molecular complexity index is 1830. The number of halogens is 5. The molecule has 0 aliphatic carbocycles. The Morgan fingerprint density at radius 2 is 1.38 bits per heavy atom. The third-order valence-corrected chi connectivity index (χ3v) is 8.67. The second-order valence-electron chi connectivity index (χ2n) is 12.2. The number of amides is 4. The molecule has 15 heteroatoms. The number of aromatic nitrogens is 2. The summed E-state index contributed by atoms with van der Waals surface area (Å²) in [7, 11) is 0. The van der Waals surface area contributed by atoms with Gasteiger partial charge in [-0.25, -0.2) is 28.3 Å². The van der Waals surface area contributed by atoms with Crippen molar-refractivity contribution in [3.63, 3.8) is 0 Å². The highest BCUT2D eigenvalue weighted by Crippen LogP contribution is 2.40. The van der Waals surface area contributed by atoms with Gasteiger partial charge in [0.2, 0.25) is 0 Å². The number of hydrogen-bond acceptors (Lipinski definition) is 6. The molecule has 262 valence electrons. The number of anilines is 4. The molecule has 50 heavy (non-hydrogen) atoms. The second kappa shape index (κ2) is 15.0. The van der Waals surface area contributed by atoms with E-state index in [1.807, 2.05) is 12.1 Å². The molecule has 6 N–H and O–H groups in total. The van der Waals surface area contributed by atoms with Gasteiger partial charge in [0, 0.05) is 67.8 Å². The molecule has 4 amide bonds. The van der Waals surface area contributed by atoms with E-state index >= 15 is 0 Å². The first-order valence-corrected chi connectivity index (χ1v) is 16.2. The number of hydrogen-bond donors (Lipinski definition) is 6. The lowest BCUT2D eigenvalue weighted by atomic mass is 9.77. The number of urea groups is 2. The van der Waals surface area contributed by atoms with E-state index in [4.69, 9.17) is 9.97 Å². The molecule has 4 aromatic rings. The maximum Gasteiger partial charge on any atom is 0.416 e. The quantitative estimate of drug-likeness (QED) is 0.108. The molecule has 2 aromatic carbocycles. The minimum absolute atomic E-state index is 0.0242. The summed E-state index contributed by atoms with van der Waals surface area (Å²) < 4.78 is 65.0. The lowest BCUT2D eigenvalue weighted by Crippen LogP contribution is -2.33. The minimum Gasteiger partial charge on any atom is -0.370 e. The number of nitrogens with zero attached hydrogens (tertiary/aromatic N) is 2. The number of pyridine rings is 2. The lowest BCUT2D eigenvalue weighted by Gasteiger charge is -2.35. The van der Waals surface area contributed by atoms with Crippen LogP contribution in [0, 0.1) is 17.6 Å². The van der Waals surface area contributed by atoms with E-state index in [0.29, 0.717) is 25.3 Å². The average Bonchev–Trinajstić information content (AvgIpc) is 3.07. The molecule has 2 aliphatic rings. The first-order chi connectivity index (χ1) is 24.0. The van der Waals surface area contributed by atoms with Crippen LogP contribution in [-0.4, -0.2) is 48.2 Å². The van der Waals surface area contributed by atoms with Gasteiger partial charge in [-0.2, -0.15) is 13.2 Å². The van der Waals surface area contributed by atoms with Gasteiger partial charge in [0.05, 0.1) is 5.56 Å². The molecule has 10 nitrogen and oxygen atoms in total. The Balaban J connectivity index is 0.972. The van der Waals surface area contributed by atoms with Crippen molar-refractivity contribution in [3.8, 4) is 0 Å². The molecule has 6 rings (SSSR count). The highest BCUT2D eigenvalue weighted by molar-refractivity contribution is 5.89. The third kappa shape index (κ3) is 8.76. The van der Waals surface area contributed by atoms with Gasteiger partial charge >= 0.3 is 18.2 Å². The molecule has 2 aliphatic heterocycles. The number of benzene rings is 2. The van der Waals surface area contributed by atoms with Crippen molar-refractivity contribution in [2.75, 3.05) is 47.4 Å². The highest BCUT2D eigenvalue weighted by atomic mass is 19.4. The van der Waals surface area contributed by atoms with Gasteiger partial charge in [-0.3, -0.25) is 0 Å². The van der Waals surface area contributed by atoms with Gasteiger partial charge in [0.1, 0.15) is 23.3 Å². The van der Waals surface area contributed by atoms with Crippen molar-refractivity contribution in [3.05, 3.63) is 106 Å². The van der Waals surface area contributed by atoms with E-state index in [9.17, 15) is 31.5 Å². The summed E-state index contributed by atoms with van der Waals surface area (Å²) in [5.41, 5.74) is 3.33. The molecular weight excluding hydrogens is 659 g/mol. The first kappa shape index (κ1) is 34.4. The maximum atomic E-state index is 13.4. The highest BCUT2D eigenvalue weighted by Gasteiger charge is 2.32. The topological polar surface area (TPSA) is 132 Å². The molecule has 0 fully saturated rings. The van der Waals surface area contributed by atoms with Crippen molar-refractivity contribution in [2.45, 2.75) is 37.8 Å². The van der Waals surface area contributed by atoms with Crippen molar-refractivity contribution in [1.82, 2.24) is 20.6 Å². The second-order valence-corrected chi connectivity index (χ2v) is 12.2. The number of carbonyl (C=O) groups excluding carboxylic acids is 2. The Morgan fingerprint density at radius 1 is 0.760 bits per heavy atom. The summed E-state index contributed by atoms with van der Waals surface area (Å²) in [6.07, 6.45) is -1.71. The largest absolute Gasteiger partial charge is 0.416 e. The van der Waals surface area contributed by atoms with Crippen LogP contribution in [0.25, 0.3) is 0 Å². The number of carbonyl (C=O) groups is 2. The van der Waals surface area contributed by atoms with Gasteiger partial charge < -0.3 is 31.9 Å². The summed E-state index contributed by atoms with van der Waals surface area (Å²) in [5, 5.41) is 17.2. The molecular formula is C35H35F5N8O2. The van der Waals surface area contributed by atoms with Gasteiger partial charge in [-0.1, -0.05) is 12.1 Å². The summed E-state index contributed by atoms with van der Waals surface area (Å²) >= 11 is 0. The Labute approximate surface area is 284 Å². The number of alkyl halides is 3. The maximum absolute atomic E-state index is 13.4. The average molecular weight is 695 g/mol. The van der Waals surface area contributed by atoms with Crippen LogP contribution in [-0.2, 0) is 25.4 Å². The Kier molecular flexibility index (Phi) is 10.3. The van der Waals surface area contributed by atoms with Crippen LogP contribution < -0.4 is 31.9 Å². The summed E-state index contributed by atoms with van der Waals surface area (Å²) in [6.45, 7) is 2.08. The number of fused-ring (bicyclic) bond motifs is 2. The molecule has 0 saturated heterocycles. The zero-order valence-electron chi connectivity index (χ0n) is 26.8. The fraction of sp³-hybridized carbons (Fsp3) is 0.314. The van der Waals surface area contributed by atoms with Crippen molar-refractivity contribution in [1.29, 1.82) is 0 Å². The van der Waals surface area contributed by atoms with Gasteiger partial charge in [-0.15, -0.1) is 0 Å². The predicted molar refractivity (Wildman–Crippen MR) is 179 cm³/mol. The van der Waals surface area contributed by atoms with Crippen molar-refractivity contribution >= 4 is 35.1 Å². The lowest BCUT2D eigenvalue weighted by molar-refractivity contribution is -0.137. The van der Waals surface area contributed by atoms with Crippen LogP contribution in [0.1, 0.15) is 40.4 Å². The van der Waals surface area contributed by atoms with Gasteiger partial charge in [-0.05, 0) is 84.3 Å². The van der Waals surface area contributed by atoms with Crippen molar-refractivity contribution in [2.24, 2.45) is 5.92 Å². The van der Waals surface area contributed by atoms with Crippen LogP contribution in [0.4, 0.5) is 54.6 Å². The molecule has 2 unspecified atom stereocenters. The van der Waals surface area contributed by atoms with Crippen LogP contribution in [0.2, 0.25) is 0 Å². The monoisotopic (exact) mass is 694 g/mol.